The van der Waals surface area contributed by atoms with Crippen molar-refractivity contribution in [2.75, 3.05) is 7.11 Å². The van der Waals surface area contributed by atoms with E-state index < -0.39 is 0 Å². The van der Waals surface area contributed by atoms with Gasteiger partial charge in [-0.25, -0.2) is 0 Å². The molecule has 3 nitrogen and oxygen atoms in total. The van der Waals surface area contributed by atoms with Crippen LogP contribution in [0, 0.1) is 3.57 Å². The van der Waals surface area contributed by atoms with E-state index in [2.05, 4.69) is 47.7 Å². The molecule has 0 radical (unpaired) electrons. The topological polar surface area (TPSA) is 27.1 Å². The van der Waals surface area contributed by atoms with Gasteiger partial charge in [0, 0.05) is 19.3 Å². The van der Waals surface area contributed by atoms with Crippen LogP contribution in [0.3, 0.4) is 0 Å². The number of rotatable bonds is 4. The molecule has 1 atom stereocenters. The second-order valence-corrected chi connectivity index (χ2v) is 4.26. The third kappa shape index (κ3) is 2.67. The Bertz CT molecular complexity index is 273. The summed E-state index contributed by atoms with van der Waals surface area (Å²) in [5, 5.41) is 4.45. The fourth-order valence-corrected chi connectivity index (χ4v) is 1.60. The maximum atomic E-state index is 5.05. The van der Waals surface area contributed by atoms with Crippen LogP contribution < -0.4 is 0 Å². The van der Waals surface area contributed by atoms with E-state index in [1.54, 1.807) is 7.11 Å². The van der Waals surface area contributed by atoms with Gasteiger partial charge in [-0.15, -0.1) is 0 Å². The van der Waals surface area contributed by atoms with E-state index in [9.17, 15) is 0 Å². The molecule has 0 aromatic carbocycles. The lowest BCUT2D eigenvalue weighted by Gasteiger charge is -2.07. The molecule has 0 N–H and O–H groups in total. The summed E-state index contributed by atoms with van der Waals surface area (Å²) in [5.74, 6) is 0. The van der Waals surface area contributed by atoms with Gasteiger partial charge in [-0.3, -0.25) is 4.68 Å². The molecule has 1 rings (SSSR count). The second kappa shape index (κ2) is 4.95. The minimum absolute atomic E-state index is 0.471. The zero-order chi connectivity index (χ0) is 9.84. The van der Waals surface area contributed by atoms with Crippen molar-refractivity contribution < 1.29 is 4.74 Å². The first-order chi connectivity index (χ1) is 6.19. The summed E-state index contributed by atoms with van der Waals surface area (Å²) >= 11 is 2.29. The molecular formula is C9H15IN2O. The number of ether oxygens (including phenoxy) is 1. The standard InChI is InChI=1S/C9H15IN2O/c1-4-7(2)12-5-8(10)9(11-12)6-13-3/h5,7H,4,6H2,1-3H3/t7-/m0/s1. The van der Waals surface area contributed by atoms with E-state index >= 15 is 0 Å². The van der Waals surface area contributed by atoms with Crippen LogP contribution in [0.2, 0.25) is 0 Å². The Morgan fingerprint density at radius 3 is 2.92 bits per heavy atom. The zero-order valence-electron chi connectivity index (χ0n) is 8.25. The summed E-state index contributed by atoms with van der Waals surface area (Å²) in [7, 11) is 1.69. The lowest BCUT2D eigenvalue weighted by atomic mass is 10.3. The van der Waals surface area contributed by atoms with E-state index in [1.165, 1.54) is 3.57 Å². The molecule has 0 bridgehead atoms. The summed E-state index contributed by atoms with van der Waals surface area (Å²) in [4.78, 5) is 0. The normalized spacial score (nSPS) is 13.2. The Morgan fingerprint density at radius 2 is 2.38 bits per heavy atom. The second-order valence-electron chi connectivity index (χ2n) is 3.09. The first-order valence-electron chi connectivity index (χ1n) is 4.41. The van der Waals surface area contributed by atoms with Crippen molar-refractivity contribution in [1.82, 2.24) is 9.78 Å². The number of aromatic nitrogens is 2. The van der Waals surface area contributed by atoms with Crippen molar-refractivity contribution in [1.29, 1.82) is 0 Å². The Kier molecular flexibility index (Phi) is 4.18. The van der Waals surface area contributed by atoms with Gasteiger partial charge in [-0.05, 0) is 35.9 Å². The molecule has 13 heavy (non-hydrogen) atoms. The molecule has 0 aliphatic heterocycles. The molecule has 0 unspecified atom stereocenters. The summed E-state index contributed by atoms with van der Waals surface area (Å²) in [5.41, 5.74) is 1.03. The van der Waals surface area contributed by atoms with Crippen LogP contribution in [-0.4, -0.2) is 16.9 Å². The van der Waals surface area contributed by atoms with E-state index in [0.29, 0.717) is 12.6 Å². The third-order valence-electron chi connectivity index (χ3n) is 2.08. The SMILES string of the molecule is CC[C@H](C)n1cc(I)c(COC)n1. The molecule has 0 spiro atoms. The van der Waals surface area contributed by atoms with E-state index in [0.717, 1.165) is 12.1 Å². The van der Waals surface area contributed by atoms with Crippen LogP contribution in [0.25, 0.3) is 0 Å². The van der Waals surface area contributed by atoms with Crippen molar-refractivity contribution >= 4 is 22.6 Å². The fourth-order valence-electron chi connectivity index (χ4n) is 1.05. The van der Waals surface area contributed by atoms with Gasteiger partial charge >= 0.3 is 0 Å². The zero-order valence-corrected chi connectivity index (χ0v) is 10.4. The molecule has 1 heterocycles. The average molecular weight is 294 g/mol. The van der Waals surface area contributed by atoms with Gasteiger partial charge in [0.15, 0.2) is 0 Å². The minimum Gasteiger partial charge on any atom is -0.378 e. The Hall–Kier alpha value is -0.100. The predicted octanol–water partition coefficient (Wildman–Crippen LogP) is 2.61. The largest absolute Gasteiger partial charge is 0.378 e. The van der Waals surface area contributed by atoms with E-state index in [1.807, 2.05) is 4.68 Å². The Labute approximate surface area is 92.6 Å². The van der Waals surface area contributed by atoms with Crippen LogP contribution in [0.4, 0.5) is 0 Å². The molecule has 74 valence electrons. The number of nitrogens with zero attached hydrogens (tertiary/aromatic N) is 2. The molecule has 0 amide bonds. The van der Waals surface area contributed by atoms with Gasteiger partial charge in [0.25, 0.3) is 0 Å². The van der Waals surface area contributed by atoms with Crippen LogP contribution in [0.5, 0.6) is 0 Å². The lowest BCUT2D eigenvalue weighted by molar-refractivity contribution is 0.180. The Morgan fingerprint density at radius 1 is 1.69 bits per heavy atom. The highest BCUT2D eigenvalue weighted by Crippen LogP contribution is 2.16. The van der Waals surface area contributed by atoms with Crippen LogP contribution in [-0.2, 0) is 11.3 Å². The molecule has 1 aromatic heterocycles. The molecule has 0 fully saturated rings. The summed E-state index contributed by atoms with van der Waals surface area (Å²) in [6.45, 7) is 4.93. The Balaban J connectivity index is 2.81. The highest BCUT2D eigenvalue weighted by Gasteiger charge is 2.08. The summed E-state index contributed by atoms with van der Waals surface area (Å²) < 4.78 is 8.25. The molecule has 0 aliphatic carbocycles. The van der Waals surface area contributed by atoms with Gasteiger partial charge in [-0.1, -0.05) is 6.92 Å². The van der Waals surface area contributed by atoms with Crippen molar-refractivity contribution in [2.24, 2.45) is 0 Å². The fraction of sp³-hybridized carbons (Fsp3) is 0.667. The smallest absolute Gasteiger partial charge is 0.101 e. The highest BCUT2D eigenvalue weighted by molar-refractivity contribution is 14.1. The van der Waals surface area contributed by atoms with Gasteiger partial charge in [0.05, 0.1) is 10.2 Å². The molecule has 0 aliphatic rings. The monoisotopic (exact) mass is 294 g/mol. The number of hydrogen-bond donors (Lipinski definition) is 0. The van der Waals surface area contributed by atoms with Crippen molar-refractivity contribution in [3.8, 4) is 0 Å². The molecule has 4 heteroatoms. The summed E-state index contributed by atoms with van der Waals surface area (Å²) in [6.07, 6.45) is 3.17. The summed E-state index contributed by atoms with van der Waals surface area (Å²) in [6, 6.07) is 0.471. The third-order valence-corrected chi connectivity index (χ3v) is 2.98. The van der Waals surface area contributed by atoms with Gasteiger partial charge < -0.3 is 4.74 Å². The molecule has 0 saturated heterocycles. The number of halogens is 1. The van der Waals surface area contributed by atoms with Crippen LogP contribution in [0.15, 0.2) is 6.20 Å². The van der Waals surface area contributed by atoms with Gasteiger partial charge in [0.2, 0.25) is 0 Å². The van der Waals surface area contributed by atoms with Gasteiger partial charge in [-0.2, -0.15) is 5.10 Å². The minimum atomic E-state index is 0.471. The molecule has 0 saturated carbocycles. The quantitative estimate of drug-likeness (QED) is 0.798. The van der Waals surface area contributed by atoms with Crippen molar-refractivity contribution in [3.05, 3.63) is 15.5 Å². The average Bonchev–Trinajstić information content (AvgIpc) is 2.47. The van der Waals surface area contributed by atoms with Crippen molar-refractivity contribution in [2.45, 2.75) is 32.9 Å². The van der Waals surface area contributed by atoms with E-state index in [-0.39, 0.29) is 0 Å². The van der Waals surface area contributed by atoms with Crippen LogP contribution in [0.1, 0.15) is 32.0 Å². The highest BCUT2D eigenvalue weighted by atomic mass is 127. The van der Waals surface area contributed by atoms with Gasteiger partial charge in [0.1, 0.15) is 5.69 Å². The molecule has 1 aromatic rings. The maximum absolute atomic E-state index is 5.05. The number of methoxy groups -OCH3 is 1. The lowest BCUT2D eigenvalue weighted by Crippen LogP contribution is -2.04. The van der Waals surface area contributed by atoms with Crippen LogP contribution >= 0.6 is 22.6 Å². The number of hydrogen-bond acceptors (Lipinski definition) is 2. The maximum Gasteiger partial charge on any atom is 0.101 e. The molecular weight excluding hydrogens is 279 g/mol. The predicted molar refractivity (Wildman–Crippen MR) is 60.7 cm³/mol. The van der Waals surface area contributed by atoms with E-state index in [4.69, 9.17) is 4.74 Å². The van der Waals surface area contributed by atoms with Crippen molar-refractivity contribution in [3.63, 3.8) is 0 Å². The first kappa shape index (κ1) is 11.0. The first-order valence-corrected chi connectivity index (χ1v) is 5.49.